The van der Waals surface area contributed by atoms with Crippen LogP contribution in [0, 0.1) is 0 Å². The van der Waals surface area contributed by atoms with Crippen molar-refractivity contribution in [1.29, 1.82) is 0 Å². The maximum Gasteiger partial charge on any atom is 0.237 e. The van der Waals surface area contributed by atoms with Gasteiger partial charge in [-0.15, -0.1) is 11.8 Å². The van der Waals surface area contributed by atoms with Gasteiger partial charge in [0.15, 0.2) is 0 Å². The molecule has 0 fully saturated rings. The largest absolute Gasteiger partial charge is 0.399 e. The number of rotatable bonds is 2. The van der Waals surface area contributed by atoms with Crippen molar-refractivity contribution in [1.82, 2.24) is 0 Å². The van der Waals surface area contributed by atoms with Crippen LogP contribution < -0.4 is 10.6 Å². The van der Waals surface area contributed by atoms with Crippen LogP contribution in [0.2, 0.25) is 0 Å². The van der Waals surface area contributed by atoms with E-state index in [4.69, 9.17) is 5.73 Å². The van der Waals surface area contributed by atoms with Crippen LogP contribution in [0.4, 0.5) is 11.4 Å². The van der Waals surface area contributed by atoms with Gasteiger partial charge >= 0.3 is 0 Å². The Bertz CT molecular complexity index is 610. The fraction of sp³-hybridized carbons (Fsp3) is 0.133. The summed E-state index contributed by atoms with van der Waals surface area (Å²) in [5.41, 5.74) is 8.51. The summed E-state index contributed by atoms with van der Waals surface area (Å²) in [6.07, 6.45) is 0. The van der Waals surface area contributed by atoms with Gasteiger partial charge in [-0.05, 0) is 29.8 Å². The smallest absolute Gasteiger partial charge is 0.237 e. The SMILES string of the molecule is Nc1ccc(CN2C(=O)CSc3ccccc32)cc1. The molecule has 0 saturated carbocycles. The lowest BCUT2D eigenvalue weighted by atomic mass is 10.1. The lowest BCUT2D eigenvalue weighted by Crippen LogP contribution is -2.34. The molecule has 96 valence electrons. The van der Waals surface area contributed by atoms with Gasteiger partial charge in [0.2, 0.25) is 5.91 Å². The molecule has 1 amide bonds. The zero-order valence-electron chi connectivity index (χ0n) is 10.4. The van der Waals surface area contributed by atoms with Crippen LogP contribution in [0.15, 0.2) is 53.4 Å². The molecule has 4 heteroatoms. The molecule has 1 heterocycles. The number of carbonyl (C=O) groups excluding carboxylic acids is 1. The Labute approximate surface area is 116 Å². The first-order valence-electron chi connectivity index (χ1n) is 6.10. The van der Waals surface area contributed by atoms with Gasteiger partial charge in [0.25, 0.3) is 0 Å². The van der Waals surface area contributed by atoms with E-state index in [1.807, 2.05) is 47.4 Å². The van der Waals surface area contributed by atoms with E-state index in [-0.39, 0.29) is 5.91 Å². The van der Waals surface area contributed by atoms with E-state index in [0.717, 1.165) is 21.8 Å². The van der Waals surface area contributed by atoms with E-state index >= 15 is 0 Å². The topological polar surface area (TPSA) is 46.3 Å². The van der Waals surface area contributed by atoms with Crippen LogP contribution in [-0.4, -0.2) is 11.7 Å². The van der Waals surface area contributed by atoms with E-state index in [2.05, 4.69) is 6.07 Å². The Kier molecular flexibility index (Phi) is 3.17. The van der Waals surface area contributed by atoms with Crippen molar-refractivity contribution >= 4 is 29.0 Å². The summed E-state index contributed by atoms with van der Waals surface area (Å²) < 4.78 is 0. The summed E-state index contributed by atoms with van der Waals surface area (Å²) in [6.45, 7) is 0.594. The molecule has 3 nitrogen and oxygen atoms in total. The van der Waals surface area contributed by atoms with Crippen molar-refractivity contribution in [3.05, 3.63) is 54.1 Å². The highest BCUT2D eigenvalue weighted by Crippen LogP contribution is 2.35. The first kappa shape index (κ1) is 12.1. The average molecular weight is 270 g/mol. The molecule has 3 rings (SSSR count). The maximum absolute atomic E-state index is 12.1. The molecular formula is C15H14N2OS. The van der Waals surface area contributed by atoms with Crippen molar-refractivity contribution in [3.63, 3.8) is 0 Å². The number of hydrogen-bond acceptors (Lipinski definition) is 3. The zero-order valence-corrected chi connectivity index (χ0v) is 11.2. The van der Waals surface area contributed by atoms with Gasteiger partial charge in [-0.2, -0.15) is 0 Å². The first-order chi connectivity index (χ1) is 9.24. The van der Waals surface area contributed by atoms with Gasteiger partial charge in [-0.3, -0.25) is 4.79 Å². The number of nitrogens with two attached hydrogens (primary N) is 1. The second-order valence-electron chi connectivity index (χ2n) is 4.48. The molecular weight excluding hydrogens is 256 g/mol. The molecule has 0 atom stereocenters. The van der Waals surface area contributed by atoms with Gasteiger partial charge in [0.05, 0.1) is 18.0 Å². The predicted octanol–water partition coefficient (Wildman–Crippen LogP) is 2.91. The summed E-state index contributed by atoms with van der Waals surface area (Å²) in [7, 11) is 0. The van der Waals surface area contributed by atoms with Crippen LogP contribution in [0.25, 0.3) is 0 Å². The molecule has 0 bridgehead atoms. The normalized spacial score (nSPS) is 14.3. The Balaban J connectivity index is 1.91. The molecule has 0 radical (unpaired) electrons. The summed E-state index contributed by atoms with van der Waals surface area (Å²) >= 11 is 1.60. The van der Waals surface area contributed by atoms with Crippen molar-refractivity contribution in [2.75, 3.05) is 16.4 Å². The molecule has 0 unspecified atom stereocenters. The van der Waals surface area contributed by atoms with Crippen molar-refractivity contribution in [3.8, 4) is 0 Å². The lowest BCUT2D eigenvalue weighted by molar-refractivity contribution is -0.116. The number of carbonyl (C=O) groups is 1. The van der Waals surface area contributed by atoms with Crippen molar-refractivity contribution < 1.29 is 4.79 Å². The zero-order chi connectivity index (χ0) is 13.2. The molecule has 1 aliphatic heterocycles. The number of nitrogen functional groups attached to an aromatic ring is 1. The second-order valence-corrected chi connectivity index (χ2v) is 5.50. The third-order valence-electron chi connectivity index (χ3n) is 3.13. The lowest BCUT2D eigenvalue weighted by Gasteiger charge is -2.29. The Hall–Kier alpha value is -1.94. The van der Waals surface area contributed by atoms with Crippen molar-refractivity contribution in [2.24, 2.45) is 0 Å². The summed E-state index contributed by atoms with van der Waals surface area (Å²) in [6, 6.07) is 15.7. The minimum atomic E-state index is 0.153. The summed E-state index contributed by atoms with van der Waals surface area (Å²) in [5, 5.41) is 0. The molecule has 19 heavy (non-hydrogen) atoms. The summed E-state index contributed by atoms with van der Waals surface area (Å²) in [4.78, 5) is 15.1. The molecule has 2 aromatic carbocycles. The molecule has 0 spiro atoms. The molecule has 2 N–H and O–H groups in total. The van der Waals surface area contributed by atoms with Crippen LogP contribution in [0.3, 0.4) is 0 Å². The van der Waals surface area contributed by atoms with E-state index in [1.54, 1.807) is 11.8 Å². The average Bonchev–Trinajstić information content (AvgIpc) is 2.44. The van der Waals surface area contributed by atoms with E-state index in [0.29, 0.717) is 12.3 Å². The van der Waals surface area contributed by atoms with Gasteiger partial charge in [0.1, 0.15) is 0 Å². The fourth-order valence-corrected chi connectivity index (χ4v) is 3.07. The van der Waals surface area contributed by atoms with Gasteiger partial charge < -0.3 is 10.6 Å². The van der Waals surface area contributed by atoms with Crippen LogP contribution >= 0.6 is 11.8 Å². The monoisotopic (exact) mass is 270 g/mol. The molecule has 0 aliphatic carbocycles. The van der Waals surface area contributed by atoms with Crippen molar-refractivity contribution in [2.45, 2.75) is 11.4 Å². The number of benzene rings is 2. The quantitative estimate of drug-likeness (QED) is 0.853. The number of nitrogens with zero attached hydrogens (tertiary/aromatic N) is 1. The van der Waals surface area contributed by atoms with Gasteiger partial charge in [-0.1, -0.05) is 24.3 Å². The van der Waals surface area contributed by atoms with E-state index < -0.39 is 0 Å². The summed E-state index contributed by atoms with van der Waals surface area (Å²) in [5.74, 6) is 0.659. The number of amides is 1. The Morgan fingerprint density at radius 2 is 1.84 bits per heavy atom. The second kappa shape index (κ2) is 4.97. The van der Waals surface area contributed by atoms with Gasteiger partial charge in [-0.25, -0.2) is 0 Å². The van der Waals surface area contributed by atoms with Gasteiger partial charge in [0, 0.05) is 10.6 Å². The van der Waals surface area contributed by atoms with E-state index in [1.165, 1.54) is 0 Å². The maximum atomic E-state index is 12.1. The number of thioether (sulfide) groups is 1. The highest BCUT2D eigenvalue weighted by Gasteiger charge is 2.24. The molecule has 0 saturated heterocycles. The number of para-hydroxylation sites is 1. The molecule has 0 aromatic heterocycles. The van der Waals surface area contributed by atoms with Crippen LogP contribution in [0.5, 0.6) is 0 Å². The Morgan fingerprint density at radius 1 is 1.11 bits per heavy atom. The minimum Gasteiger partial charge on any atom is -0.399 e. The Morgan fingerprint density at radius 3 is 2.63 bits per heavy atom. The number of anilines is 2. The molecule has 2 aromatic rings. The predicted molar refractivity (Wildman–Crippen MR) is 79.2 cm³/mol. The number of fused-ring (bicyclic) bond motifs is 1. The highest BCUT2D eigenvalue weighted by atomic mass is 32.2. The first-order valence-corrected chi connectivity index (χ1v) is 7.09. The molecule has 1 aliphatic rings. The fourth-order valence-electron chi connectivity index (χ4n) is 2.13. The van der Waals surface area contributed by atoms with Crippen LogP contribution in [0.1, 0.15) is 5.56 Å². The van der Waals surface area contributed by atoms with Crippen LogP contribution in [-0.2, 0) is 11.3 Å². The highest BCUT2D eigenvalue weighted by molar-refractivity contribution is 8.00. The minimum absolute atomic E-state index is 0.153. The number of hydrogen-bond donors (Lipinski definition) is 1. The third kappa shape index (κ3) is 2.44. The standard InChI is InChI=1S/C15H14N2OS/c16-12-7-5-11(6-8-12)9-17-13-3-1-2-4-14(13)19-10-15(17)18/h1-8H,9-10,16H2. The third-order valence-corrected chi connectivity index (χ3v) is 4.18. The van der Waals surface area contributed by atoms with E-state index in [9.17, 15) is 4.79 Å².